The van der Waals surface area contributed by atoms with Crippen molar-refractivity contribution in [2.75, 3.05) is 37.6 Å². The molecule has 1 aromatic carbocycles. The van der Waals surface area contributed by atoms with Crippen LogP contribution in [0, 0.1) is 5.41 Å². The first-order valence-corrected chi connectivity index (χ1v) is 12.5. The number of rotatable bonds is 5. The molecule has 176 valence electrons. The fourth-order valence-corrected chi connectivity index (χ4v) is 6.30. The molecule has 3 heterocycles. The number of hydrogen-bond donors (Lipinski definition) is 2. The molecule has 1 saturated carbocycles. The highest BCUT2D eigenvalue weighted by Gasteiger charge is 2.49. The van der Waals surface area contributed by atoms with E-state index in [-0.39, 0.29) is 0 Å². The van der Waals surface area contributed by atoms with E-state index in [1.54, 1.807) is 12.3 Å². The van der Waals surface area contributed by atoms with Crippen LogP contribution in [0.5, 0.6) is 0 Å². The van der Waals surface area contributed by atoms with Crippen molar-refractivity contribution in [3.63, 3.8) is 0 Å². The Kier molecular flexibility index (Phi) is 6.14. The summed E-state index contributed by atoms with van der Waals surface area (Å²) >= 11 is 0. The molecule has 2 aliphatic heterocycles. The number of primary amides is 1. The van der Waals surface area contributed by atoms with Gasteiger partial charge in [-0.15, -0.1) is 0 Å². The van der Waals surface area contributed by atoms with E-state index < -0.39 is 5.91 Å². The SMILES string of the molecule is CC(C)c1ccccc1[C@@H]1CNCCN1C1CC2(CCN(c3ccc(C(N)=O)cn3)CC2)C1. The number of hydrogen-bond acceptors (Lipinski definition) is 5. The van der Waals surface area contributed by atoms with E-state index in [1.807, 2.05) is 6.07 Å². The summed E-state index contributed by atoms with van der Waals surface area (Å²) in [4.78, 5) is 20.9. The third-order valence-corrected chi connectivity index (χ3v) is 8.25. The maximum absolute atomic E-state index is 11.3. The predicted molar refractivity (Wildman–Crippen MR) is 133 cm³/mol. The molecule has 5 rings (SSSR count). The zero-order valence-corrected chi connectivity index (χ0v) is 20.0. The van der Waals surface area contributed by atoms with Crippen LogP contribution < -0.4 is 16.0 Å². The van der Waals surface area contributed by atoms with Crippen molar-refractivity contribution < 1.29 is 4.79 Å². The van der Waals surface area contributed by atoms with Gasteiger partial charge in [-0.1, -0.05) is 38.1 Å². The molecule has 6 nitrogen and oxygen atoms in total. The Balaban J connectivity index is 1.22. The average molecular weight is 448 g/mol. The van der Waals surface area contributed by atoms with E-state index >= 15 is 0 Å². The number of nitrogens with two attached hydrogens (primary N) is 1. The lowest BCUT2D eigenvalue weighted by Gasteiger charge is -2.57. The maximum atomic E-state index is 11.3. The van der Waals surface area contributed by atoms with Crippen molar-refractivity contribution >= 4 is 11.7 Å². The summed E-state index contributed by atoms with van der Waals surface area (Å²) in [5, 5.41) is 3.65. The lowest BCUT2D eigenvalue weighted by atomic mass is 9.59. The van der Waals surface area contributed by atoms with Gasteiger partial charge in [0.05, 0.1) is 5.56 Å². The number of benzene rings is 1. The van der Waals surface area contributed by atoms with E-state index in [9.17, 15) is 4.79 Å². The first-order chi connectivity index (χ1) is 16.0. The molecule has 0 radical (unpaired) electrons. The van der Waals surface area contributed by atoms with Crippen molar-refractivity contribution in [1.82, 2.24) is 15.2 Å². The smallest absolute Gasteiger partial charge is 0.250 e. The van der Waals surface area contributed by atoms with Crippen LogP contribution in [0.4, 0.5) is 5.82 Å². The van der Waals surface area contributed by atoms with Gasteiger partial charge in [-0.2, -0.15) is 0 Å². The second-order valence-corrected chi connectivity index (χ2v) is 10.6. The topological polar surface area (TPSA) is 74.5 Å². The van der Waals surface area contributed by atoms with Gasteiger partial charge in [-0.3, -0.25) is 9.69 Å². The Labute approximate surface area is 197 Å². The van der Waals surface area contributed by atoms with Crippen LogP contribution in [-0.4, -0.2) is 54.6 Å². The molecule has 2 aromatic rings. The third-order valence-electron chi connectivity index (χ3n) is 8.25. The van der Waals surface area contributed by atoms with Crippen LogP contribution in [-0.2, 0) is 0 Å². The zero-order chi connectivity index (χ0) is 23.0. The summed E-state index contributed by atoms with van der Waals surface area (Å²) in [6.07, 6.45) is 6.68. The highest BCUT2D eigenvalue weighted by molar-refractivity contribution is 5.92. The van der Waals surface area contributed by atoms with Crippen LogP contribution in [0.15, 0.2) is 42.6 Å². The molecule has 33 heavy (non-hydrogen) atoms. The largest absolute Gasteiger partial charge is 0.366 e. The fraction of sp³-hybridized carbons (Fsp3) is 0.556. The standard InChI is InChI=1S/C27H37N5O/c1-19(2)22-5-3-4-6-23(22)24-18-29-11-14-32(24)21-15-27(16-21)9-12-31(13-10-27)25-8-7-20(17-30-25)26(28)33/h3-8,17,19,21,24,29H,9-16,18H2,1-2H3,(H2,28,33)/t24-/m0/s1. The number of piperazine rings is 1. The van der Waals surface area contributed by atoms with E-state index in [1.165, 1.54) is 36.8 Å². The maximum Gasteiger partial charge on any atom is 0.250 e. The van der Waals surface area contributed by atoms with Gasteiger partial charge >= 0.3 is 0 Å². The number of carbonyl (C=O) groups is 1. The van der Waals surface area contributed by atoms with E-state index in [0.717, 1.165) is 38.5 Å². The quantitative estimate of drug-likeness (QED) is 0.731. The van der Waals surface area contributed by atoms with Crippen molar-refractivity contribution in [3.8, 4) is 0 Å². The van der Waals surface area contributed by atoms with Gasteiger partial charge < -0.3 is 16.0 Å². The minimum atomic E-state index is -0.422. The number of piperidine rings is 1. The van der Waals surface area contributed by atoms with Gasteiger partial charge in [0.2, 0.25) is 5.91 Å². The summed E-state index contributed by atoms with van der Waals surface area (Å²) < 4.78 is 0. The first-order valence-electron chi connectivity index (χ1n) is 12.5. The number of aromatic nitrogens is 1. The molecule has 3 fully saturated rings. The van der Waals surface area contributed by atoms with Crippen LogP contribution in [0.25, 0.3) is 0 Å². The summed E-state index contributed by atoms with van der Waals surface area (Å²) in [5.74, 6) is 1.08. The number of pyridine rings is 1. The lowest BCUT2D eigenvalue weighted by molar-refractivity contribution is -0.0433. The minimum absolute atomic E-state index is 0.422. The lowest BCUT2D eigenvalue weighted by Crippen LogP contribution is -2.59. The number of carbonyl (C=O) groups excluding carboxylic acids is 1. The summed E-state index contributed by atoms with van der Waals surface area (Å²) in [5.41, 5.74) is 9.31. The van der Waals surface area contributed by atoms with Gasteiger partial charge in [-0.05, 0) is 60.3 Å². The monoisotopic (exact) mass is 447 g/mol. The minimum Gasteiger partial charge on any atom is -0.366 e. The number of anilines is 1. The Hall–Kier alpha value is -2.44. The Morgan fingerprint density at radius 1 is 1.12 bits per heavy atom. The van der Waals surface area contributed by atoms with Crippen molar-refractivity contribution in [1.29, 1.82) is 0 Å². The zero-order valence-electron chi connectivity index (χ0n) is 20.0. The van der Waals surface area contributed by atoms with Crippen LogP contribution in [0.2, 0.25) is 0 Å². The summed E-state index contributed by atoms with van der Waals surface area (Å²) in [6, 6.07) is 13.9. The van der Waals surface area contributed by atoms with Crippen molar-refractivity contribution in [3.05, 3.63) is 59.3 Å². The molecule has 1 atom stereocenters. The van der Waals surface area contributed by atoms with Gasteiger partial charge in [-0.25, -0.2) is 4.98 Å². The second-order valence-electron chi connectivity index (χ2n) is 10.6. The number of amides is 1. The molecule has 0 bridgehead atoms. The molecule has 2 saturated heterocycles. The molecule has 6 heteroatoms. The number of nitrogens with one attached hydrogen (secondary N) is 1. The van der Waals surface area contributed by atoms with Crippen molar-refractivity contribution in [2.24, 2.45) is 11.1 Å². The van der Waals surface area contributed by atoms with Gasteiger partial charge in [0, 0.05) is 51.0 Å². The van der Waals surface area contributed by atoms with Gasteiger partial charge in [0.25, 0.3) is 0 Å². The Morgan fingerprint density at radius 3 is 2.55 bits per heavy atom. The fourth-order valence-electron chi connectivity index (χ4n) is 6.30. The highest BCUT2D eigenvalue weighted by atomic mass is 16.1. The molecular weight excluding hydrogens is 410 g/mol. The van der Waals surface area contributed by atoms with Gasteiger partial charge in [0.15, 0.2) is 0 Å². The van der Waals surface area contributed by atoms with Crippen LogP contribution in [0.1, 0.15) is 73.0 Å². The van der Waals surface area contributed by atoms with Gasteiger partial charge in [0.1, 0.15) is 5.82 Å². The van der Waals surface area contributed by atoms with Crippen molar-refractivity contribution in [2.45, 2.75) is 57.5 Å². The molecule has 3 aliphatic rings. The molecular formula is C27H37N5O. The van der Waals surface area contributed by atoms with E-state index in [4.69, 9.17) is 5.73 Å². The molecule has 0 unspecified atom stereocenters. The van der Waals surface area contributed by atoms with E-state index in [2.05, 4.69) is 58.2 Å². The molecule has 1 aromatic heterocycles. The summed E-state index contributed by atoms with van der Waals surface area (Å²) in [7, 11) is 0. The Bertz CT molecular complexity index is 972. The second kappa shape index (κ2) is 9.07. The van der Waals surface area contributed by atoms with Crippen LogP contribution >= 0.6 is 0 Å². The molecule has 3 N–H and O–H groups in total. The normalized spacial score (nSPS) is 23.6. The van der Waals surface area contributed by atoms with Crippen LogP contribution in [0.3, 0.4) is 0 Å². The third kappa shape index (κ3) is 4.38. The number of nitrogens with zero attached hydrogens (tertiary/aromatic N) is 3. The van der Waals surface area contributed by atoms with E-state index in [0.29, 0.717) is 29.0 Å². The highest BCUT2D eigenvalue weighted by Crippen LogP contribution is 2.52. The average Bonchev–Trinajstić information content (AvgIpc) is 2.83. The predicted octanol–water partition coefficient (Wildman–Crippen LogP) is 3.70. The molecule has 1 aliphatic carbocycles. The molecule has 1 amide bonds. The summed E-state index contributed by atoms with van der Waals surface area (Å²) in [6.45, 7) is 9.97. The Morgan fingerprint density at radius 2 is 1.88 bits per heavy atom. The molecule has 1 spiro atoms. The first kappa shape index (κ1) is 22.4.